The number of hydrogen-bond acceptors (Lipinski definition) is 5. The second-order valence-electron chi connectivity index (χ2n) is 5.66. The molecule has 6 nitrogen and oxygen atoms in total. The van der Waals surface area contributed by atoms with Crippen molar-refractivity contribution in [2.75, 3.05) is 59.2 Å². The summed E-state index contributed by atoms with van der Waals surface area (Å²) in [5, 5.41) is 3.25. The van der Waals surface area contributed by atoms with Gasteiger partial charge in [-0.25, -0.2) is 0 Å². The summed E-state index contributed by atoms with van der Waals surface area (Å²) >= 11 is 0. The van der Waals surface area contributed by atoms with Crippen LogP contribution in [-0.4, -0.2) is 86.9 Å². The Morgan fingerprint density at radius 2 is 2.24 bits per heavy atom. The first kappa shape index (κ1) is 16.7. The molecule has 0 saturated carbocycles. The van der Waals surface area contributed by atoms with Crippen LogP contribution in [0, 0.1) is 0 Å². The number of ether oxygens (including phenoxy) is 2. The highest BCUT2D eigenvalue weighted by Crippen LogP contribution is 2.14. The van der Waals surface area contributed by atoms with Gasteiger partial charge in [0.05, 0.1) is 19.8 Å². The molecule has 21 heavy (non-hydrogen) atoms. The molecule has 0 aromatic carbocycles. The fourth-order valence-corrected chi connectivity index (χ4v) is 3.05. The van der Waals surface area contributed by atoms with Crippen molar-refractivity contribution in [1.82, 2.24) is 15.1 Å². The summed E-state index contributed by atoms with van der Waals surface area (Å²) < 4.78 is 10.8. The van der Waals surface area contributed by atoms with Gasteiger partial charge in [0.25, 0.3) is 0 Å². The number of rotatable bonds is 6. The predicted molar refractivity (Wildman–Crippen MR) is 81.3 cm³/mol. The van der Waals surface area contributed by atoms with Crippen LogP contribution < -0.4 is 5.32 Å². The number of carbonyl (C=O) groups excluding carboxylic acids is 1. The molecule has 2 fully saturated rings. The average molecular weight is 299 g/mol. The Morgan fingerprint density at radius 1 is 1.38 bits per heavy atom. The normalized spacial score (nSPS) is 27.8. The van der Waals surface area contributed by atoms with Crippen molar-refractivity contribution in [2.45, 2.75) is 32.4 Å². The standard InChI is InChI=1S/C15H29N3O3/c1-3-13-11-18(7-6-17(13)8-10-20-4-2)15(19)14-12-21-9-5-16-14/h13-14,16H,3-12H2,1-2H3. The fraction of sp³-hybridized carbons (Fsp3) is 0.933. The second kappa shape index (κ2) is 8.68. The van der Waals surface area contributed by atoms with Crippen molar-refractivity contribution in [2.24, 2.45) is 0 Å². The maximum atomic E-state index is 12.5. The summed E-state index contributed by atoms with van der Waals surface area (Å²) in [5.74, 6) is 0.192. The Balaban J connectivity index is 1.83. The highest BCUT2D eigenvalue weighted by atomic mass is 16.5. The second-order valence-corrected chi connectivity index (χ2v) is 5.66. The summed E-state index contributed by atoms with van der Waals surface area (Å²) in [6, 6.07) is 0.277. The minimum absolute atomic E-state index is 0.161. The first-order valence-electron chi connectivity index (χ1n) is 8.18. The van der Waals surface area contributed by atoms with Crippen LogP contribution in [0.3, 0.4) is 0 Å². The smallest absolute Gasteiger partial charge is 0.242 e. The zero-order chi connectivity index (χ0) is 15.1. The zero-order valence-electron chi connectivity index (χ0n) is 13.3. The molecule has 2 aliphatic heterocycles. The Morgan fingerprint density at radius 3 is 2.90 bits per heavy atom. The molecule has 2 heterocycles. The molecule has 0 spiro atoms. The molecule has 2 atom stereocenters. The lowest BCUT2D eigenvalue weighted by atomic mass is 10.1. The monoisotopic (exact) mass is 299 g/mol. The van der Waals surface area contributed by atoms with Gasteiger partial charge < -0.3 is 19.7 Å². The molecule has 122 valence electrons. The molecule has 0 aliphatic carbocycles. The minimum atomic E-state index is -0.161. The Hall–Kier alpha value is -0.690. The van der Waals surface area contributed by atoms with Crippen molar-refractivity contribution in [3.63, 3.8) is 0 Å². The highest BCUT2D eigenvalue weighted by Gasteiger charge is 2.32. The molecular weight excluding hydrogens is 270 g/mol. The third-order valence-corrected chi connectivity index (χ3v) is 4.33. The lowest BCUT2D eigenvalue weighted by Crippen LogP contribution is -2.60. The number of piperazine rings is 1. The lowest BCUT2D eigenvalue weighted by molar-refractivity contribution is -0.139. The van der Waals surface area contributed by atoms with Crippen LogP contribution in [0.25, 0.3) is 0 Å². The van der Waals surface area contributed by atoms with Gasteiger partial charge in [-0.15, -0.1) is 0 Å². The van der Waals surface area contributed by atoms with Gasteiger partial charge >= 0.3 is 0 Å². The van der Waals surface area contributed by atoms with Gasteiger partial charge in [-0.1, -0.05) is 6.92 Å². The van der Waals surface area contributed by atoms with E-state index in [1.54, 1.807) is 0 Å². The van der Waals surface area contributed by atoms with Crippen LogP contribution in [0.15, 0.2) is 0 Å². The van der Waals surface area contributed by atoms with Crippen LogP contribution in [0.4, 0.5) is 0 Å². The van der Waals surface area contributed by atoms with Crippen LogP contribution >= 0.6 is 0 Å². The lowest BCUT2D eigenvalue weighted by Gasteiger charge is -2.42. The van der Waals surface area contributed by atoms with Gasteiger partial charge in [0.2, 0.25) is 5.91 Å². The van der Waals surface area contributed by atoms with Crippen molar-refractivity contribution in [3.8, 4) is 0 Å². The Bertz CT molecular complexity index is 321. The van der Waals surface area contributed by atoms with Crippen LogP contribution in [0.1, 0.15) is 20.3 Å². The molecule has 0 radical (unpaired) electrons. The van der Waals surface area contributed by atoms with Gasteiger partial charge in [-0.2, -0.15) is 0 Å². The molecule has 2 unspecified atom stereocenters. The fourth-order valence-electron chi connectivity index (χ4n) is 3.05. The van der Waals surface area contributed by atoms with E-state index in [0.717, 1.165) is 52.4 Å². The van der Waals surface area contributed by atoms with E-state index >= 15 is 0 Å². The number of morpholine rings is 1. The highest BCUT2D eigenvalue weighted by molar-refractivity contribution is 5.82. The van der Waals surface area contributed by atoms with E-state index < -0.39 is 0 Å². The molecule has 2 saturated heterocycles. The maximum absolute atomic E-state index is 12.5. The van der Waals surface area contributed by atoms with E-state index in [4.69, 9.17) is 9.47 Å². The van der Waals surface area contributed by atoms with E-state index in [1.807, 2.05) is 11.8 Å². The molecule has 2 aliphatic rings. The molecular formula is C15H29N3O3. The van der Waals surface area contributed by atoms with E-state index in [-0.39, 0.29) is 11.9 Å². The molecule has 0 aromatic rings. The molecule has 1 amide bonds. The maximum Gasteiger partial charge on any atom is 0.242 e. The largest absolute Gasteiger partial charge is 0.380 e. The first-order valence-corrected chi connectivity index (χ1v) is 8.18. The predicted octanol–water partition coefficient (Wildman–Crippen LogP) is -0.0659. The summed E-state index contributed by atoms with van der Waals surface area (Å²) in [5.41, 5.74) is 0. The van der Waals surface area contributed by atoms with Gasteiger partial charge in [0, 0.05) is 45.4 Å². The molecule has 6 heteroatoms. The van der Waals surface area contributed by atoms with Crippen LogP contribution in [-0.2, 0) is 14.3 Å². The SMILES string of the molecule is CCOCCN1CCN(C(=O)C2COCCN2)CC1CC. The number of carbonyl (C=O) groups is 1. The van der Waals surface area contributed by atoms with Crippen molar-refractivity contribution in [3.05, 3.63) is 0 Å². The van der Waals surface area contributed by atoms with Crippen molar-refractivity contribution < 1.29 is 14.3 Å². The topological polar surface area (TPSA) is 54.0 Å². The zero-order valence-corrected chi connectivity index (χ0v) is 13.3. The minimum Gasteiger partial charge on any atom is -0.380 e. The first-order chi connectivity index (χ1) is 10.3. The summed E-state index contributed by atoms with van der Waals surface area (Å²) in [7, 11) is 0. The molecule has 1 N–H and O–H groups in total. The van der Waals surface area contributed by atoms with Crippen LogP contribution in [0.5, 0.6) is 0 Å². The Labute approximate surface area is 127 Å². The third kappa shape index (κ3) is 4.64. The summed E-state index contributed by atoms with van der Waals surface area (Å²) in [4.78, 5) is 17.0. The van der Waals surface area contributed by atoms with Gasteiger partial charge in [-0.05, 0) is 13.3 Å². The molecule has 2 rings (SSSR count). The van der Waals surface area contributed by atoms with Gasteiger partial charge in [0.15, 0.2) is 0 Å². The number of amides is 1. The Kier molecular flexibility index (Phi) is 6.89. The molecule has 0 aromatic heterocycles. The molecule has 0 bridgehead atoms. The van der Waals surface area contributed by atoms with E-state index in [9.17, 15) is 4.79 Å². The van der Waals surface area contributed by atoms with E-state index in [1.165, 1.54) is 0 Å². The van der Waals surface area contributed by atoms with E-state index in [2.05, 4.69) is 17.1 Å². The van der Waals surface area contributed by atoms with Gasteiger partial charge in [-0.3, -0.25) is 9.69 Å². The number of hydrogen-bond donors (Lipinski definition) is 1. The van der Waals surface area contributed by atoms with Crippen molar-refractivity contribution >= 4 is 5.91 Å². The number of nitrogens with one attached hydrogen (secondary N) is 1. The average Bonchev–Trinajstić information content (AvgIpc) is 2.55. The quantitative estimate of drug-likeness (QED) is 0.696. The number of nitrogens with zero attached hydrogens (tertiary/aromatic N) is 2. The summed E-state index contributed by atoms with van der Waals surface area (Å²) in [6.45, 7) is 11.2. The van der Waals surface area contributed by atoms with E-state index in [0.29, 0.717) is 19.3 Å². The van der Waals surface area contributed by atoms with Crippen LogP contribution in [0.2, 0.25) is 0 Å². The van der Waals surface area contributed by atoms with Gasteiger partial charge in [0.1, 0.15) is 6.04 Å². The summed E-state index contributed by atoms with van der Waals surface area (Å²) in [6.07, 6.45) is 1.06. The third-order valence-electron chi connectivity index (χ3n) is 4.33. The van der Waals surface area contributed by atoms with Crippen molar-refractivity contribution in [1.29, 1.82) is 0 Å².